The maximum Gasteiger partial charge on any atom is 0.226 e. The molecule has 0 atom stereocenters. The number of hydrogen-bond acceptors (Lipinski definition) is 7. The molecule has 5 rings (SSSR count). The van der Waals surface area contributed by atoms with Crippen molar-refractivity contribution in [1.82, 2.24) is 25.0 Å². The summed E-state index contributed by atoms with van der Waals surface area (Å²) in [5.41, 5.74) is 9.42. The molecule has 3 aromatic heterocycles. The van der Waals surface area contributed by atoms with E-state index in [4.69, 9.17) is 10.2 Å². The third kappa shape index (κ3) is 4.36. The zero-order valence-electron chi connectivity index (χ0n) is 16.4. The number of amides is 1. The average molecular weight is 430 g/mol. The Morgan fingerprint density at radius 1 is 1.06 bits per heavy atom. The molecule has 154 valence electrons. The van der Waals surface area contributed by atoms with Crippen LogP contribution in [0.5, 0.6) is 0 Å². The van der Waals surface area contributed by atoms with Gasteiger partial charge in [0.1, 0.15) is 11.4 Å². The summed E-state index contributed by atoms with van der Waals surface area (Å²) in [4.78, 5) is 15.6. The molecule has 0 spiro atoms. The summed E-state index contributed by atoms with van der Waals surface area (Å²) in [6, 6.07) is 16.4. The molecule has 0 fully saturated rings. The molecule has 0 bridgehead atoms. The van der Waals surface area contributed by atoms with Gasteiger partial charge in [-0.25, -0.2) is 4.98 Å². The fourth-order valence-corrected chi connectivity index (χ4v) is 4.30. The number of primary amides is 1. The molecule has 0 aliphatic heterocycles. The molecule has 0 unspecified atom stereocenters. The number of rotatable bonds is 7. The lowest BCUT2D eigenvalue weighted by atomic mass is 10.1. The van der Waals surface area contributed by atoms with Crippen LogP contribution in [0.15, 0.2) is 65.3 Å². The van der Waals surface area contributed by atoms with Crippen molar-refractivity contribution < 1.29 is 9.21 Å². The molecule has 3 heterocycles. The van der Waals surface area contributed by atoms with E-state index in [-0.39, 0.29) is 12.3 Å². The first kappa shape index (κ1) is 19.1. The van der Waals surface area contributed by atoms with E-state index in [1.54, 1.807) is 11.3 Å². The predicted molar refractivity (Wildman–Crippen MR) is 116 cm³/mol. The number of nitrogens with two attached hydrogens (primary N) is 1. The van der Waals surface area contributed by atoms with Gasteiger partial charge in [0.2, 0.25) is 17.7 Å². The first-order valence-corrected chi connectivity index (χ1v) is 10.5. The molecule has 5 aromatic rings. The van der Waals surface area contributed by atoms with Crippen molar-refractivity contribution in [2.24, 2.45) is 5.73 Å². The molecule has 1 amide bonds. The smallest absolute Gasteiger partial charge is 0.226 e. The first-order chi connectivity index (χ1) is 15.1. The third-order valence-electron chi connectivity index (χ3n) is 4.72. The highest BCUT2D eigenvalue weighted by Crippen LogP contribution is 2.29. The van der Waals surface area contributed by atoms with Gasteiger partial charge in [-0.2, -0.15) is 5.10 Å². The van der Waals surface area contributed by atoms with Gasteiger partial charge in [0.05, 0.1) is 29.4 Å². The van der Waals surface area contributed by atoms with Crippen LogP contribution in [0.2, 0.25) is 0 Å². The molecule has 31 heavy (non-hydrogen) atoms. The zero-order chi connectivity index (χ0) is 21.2. The van der Waals surface area contributed by atoms with Crippen LogP contribution in [0.1, 0.15) is 22.4 Å². The van der Waals surface area contributed by atoms with Crippen LogP contribution in [0.25, 0.3) is 21.3 Å². The fourth-order valence-electron chi connectivity index (χ4n) is 3.31. The van der Waals surface area contributed by atoms with Crippen molar-refractivity contribution in [3.63, 3.8) is 0 Å². The van der Waals surface area contributed by atoms with Gasteiger partial charge in [0.15, 0.2) is 0 Å². The molecule has 8 nitrogen and oxygen atoms in total. The predicted octanol–water partition coefficient (Wildman–Crippen LogP) is 3.21. The summed E-state index contributed by atoms with van der Waals surface area (Å²) >= 11 is 1.58. The zero-order valence-corrected chi connectivity index (χ0v) is 17.2. The average Bonchev–Trinajstić information content (AvgIpc) is 3.48. The fraction of sp³-hybridized carbons (Fsp3) is 0.136. The number of nitrogens with zero attached hydrogens (tertiary/aromatic N) is 5. The number of fused-ring (bicyclic) bond motifs is 1. The molecule has 9 heteroatoms. The highest BCUT2D eigenvalue weighted by Gasteiger charge is 2.13. The van der Waals surface area contributed by atoms with Crippen molar-refractivity contribution in [3.05, 3.63) is 83.3 Å². The van der Waals surface area contributed by atoms with Crippen LogP contribution in [0.4, 0.5) is 0 Å². The number of aromatic nitrogens is 5. The monoisotopic (exact) mass is 430 g/mol. The number of thiazole rings is 1. The van der Waals surface area contributed by atoms with Crippen molar-refractivity contribution in [1.29, 1.82) is 0 Å². The van der Waals surface area contributed by atoms with Gasteiger partial charge in [-0.1, -0.05) is 36.4 Å². The second-order valence-corrected chi connectivity index (χ2v) is 8.23. The van der Waals surface area contributed by atoms with Gasteiger partial charge in [0.25, 0.3) is 0 Å². The van der Waals surface area contributed by atoms with Crippen LogP contribution >= 0.6 is 11.3 Å². The Balaban J connectivity index is 1.34. The molecule has 2 N–H and O–H groups in total. The Labute approximate surface area is 181 Å². The lowest BCUT2D eigenvalue weighted by molar-refractivity contribution is -0.117. The maximum atomic E-state index is 11.0. The van der Waals surface area contributed by atoms with Crippen molar-refractivity contribution in [2.75, 3.05) is 0 Å². The number of carbonyl (C=O) groups excluding carboxylic acids is 1. The molecule has 2 aromatic carbocycles. The molecule has 0 saturated carbocycles. The minimum absolute atomic E-state index is 0.0613. The summed E-state index contributed by atoms with van der Waals surface area (Å²) < 4.78 is 8.48. The molecule has 0 aliphatic rings. The van der Waals surface area contributed by atoms with Crippen LogP contribution in [0, 0.1) is 0 Å². The standard InChI is InChI=1S/C22H18N6O2S/c23-19(29)9-20-26-27-21(30-20)10-22-25-17-7-6-15(8-18(17)31-22)16-11-24-28(13-16)12-14-4-2-1-3-5-14/h1-8,11,13H,9-10,12H2,(H2,23,29). The minimum atomic E-state index is -0.505. The van der Waals surface area contributed by atoms with Gasteiger partial charge >= 0.3 is 0 Å². The summed E-state index contributed by atoms with van der Waals surface area (Å²) in [6.45, 7) is 0.732. The Kier molecular flexibility index (Phi) is 5.01. The van der Waals surface area contributed by atoms with Crippen molar-refractivity contribution in [2.45, 2.75) is 19.4 Å². The third-order valence-corrected chi connectivity index (χ3v) is 5.74. The van der Waals surface area contributed by atoms with Crippen LogP contribution in [-0.2, 0) is 24.2 Å². The largest absolute Gasteiger partial charge is 0.424 e. The lowest BCUT2D eigenvalue weighted by Crippen LogP contribution is -2.13. The highest BCUT2D eigenvalue weighted by atomic mass is 32.1. The SMILES string of the molecule is NC(=O)Cc1nnc(Cc2nc3ccc(-c4cnn(Cc5ccccc5)c4)cc3s2)o1. The van der Waals surface area contributed by atoms with Gasteiger partial charge in [-0.05, 0) is 23.3 Å². The number of benzene rings is 2. The number of carbonyl (C=O) groups is 1. The molecule has 0 aliphatic carbocycles. The lowest BCUT2D eigenvalue weighted by Gasteiger charge is -2.01. The van der Waals surface area contributed by atoms with Crippen LogP contribution in [0.3, 0.4) is 0 Å². The molecule has 0 saturated heterocycles. The second-order valence-electron chi connectivity index (χ2n) is 7.11. The van der Waals surface area contributed by atoms with E-state index in [0.717, 1.165) is 32.9 Å². The summed E-state index contributed by atoms with van der Waals surface area (Å²) in [6.07, 6.45) is 4.28. The van der Waals surface area contributed by atoms with Crippen molar-refractivity contribution in [3.8, 4) is 11.1 Å². The quantitative estimate of drug-likeness (QED) is 0.424. The van der Waals surface area contributed by atoms with Crippen molar-refractivity contribution >= 4 is 27.5 Å². The topological polar surface area (TPSA) is 113 Å². The Morgan fingerprint density at radius 3 is 2.74 bits per heavy atom. The Morgan fingerprint density at radius 2 is 1.90 bits per heavy atom. The molecule has 0 radical (unpaired) electrons. The van der Waals surface area contributed by atoms with E-state index in [2.05, 4.69) is 44.7 Å². The number of hydrogen-bond donors (Lipinski definition) is 1. The van der Waals surface area contributed by atoms with E-state index < -0.39 is 5.91 Å². The van der Waals surface area contributed by atoms with Crippen LogP contribution < -0.4 is 5.73 Å². The van der Waals surface area contributed by atoms with Gasteiger partial charge in [-0.3, -0.25) is 9.48 Å². The van der Waals surface area contributed by atoms with Gasteiger partial charge in [-0.15, -0.1) is 21.5 Å². The molecular formula is C22H18N6O2S. The normalized spacial score (nSPS) is 11.2. The second kappa shape index (κ2) is 8.11. The first-order valence-electron chi connectivity index (χ1n) is 9.68. The summed E-state index contributed by atoms with van der Waals surface area (Å²) in [5.74, 6) is 0.130. The minimum Gasteiger partial charge on any atom is -0.424 e. The molecular weight excluding hydrogens is 412 g/mol. The van der Waals surface area contributed by atoms with E-state index in [0.29, 0.717) is 12.3 Å². The van der Waals surface area contributed by atoms with Gasteiger partial charge < -0.3 is 10.2 Å². The Bertz CT molecular complexity index is 1350. The summed E-state index contributed by atoms with van der Waals surface area (Å²) in [7, 11) is 0. The van der Waals surface area contributed by atoms with Gasteiger partial charge in [0, 0.05) is 11.8 Å². The maximum absolute atomic E-state index is 11.0. The van der Waals surface area contributed by atoms with E-state index in [1.165, 1.54) is 5.56 Å². The van der Waals surface area contributed by atoms with E-state index >= 15 is 0 Å². The van der Waals surface area contributed by atoms with E-state index in [1.807, 2.05) is 41.2 Å². The van der Waals surface area contributed by atoms with E-state index in [9.17, 15) is 4.79 Å². The Hall–Kier alpha value is -3.85. The van der Waals surface area contributed by atoms with Crippen LogP contribution in [-0.4, -0.2) is 30.9 Å². The summed E-state index contributed by atoms with van der Waals surface area (Å²) in [5, 5.41) is 13.2. The highest BCUT2D eigenvalue weighted by molar-refractivity contribution is 7.18.